The lowest BCUT2D eigenvalue weighted by Gasteiger charge is -2.20. The summed E-state index contributed by atoms with van der Waals surface area (Å²) in [6.07, 6.45) is 3.21. The van der Waals surface area contributed by atoms with Crippen LogP contribution in [0.2, 0.25) is 0 Å². The van der Waals surface area contributed by atoms with Crippen molar-refractivity contribution in [3.63, 3.8) is 0 Å². The van der Waals surface area contributed by atoms with E-state index in [1.165, 1.54) is 0 Å². The van der Waals surface area contributed by atoms with Crippen LogP contribution in [0.1, 0.15) is 37.9 Å². The molecule has 0 spiro atoms. The molecule has 3 N–H and O–H groups in total. The Balaban J connectivity index is 2.49. The van der Waals surface area contributed by atoms with E-state index in [1.54, 1.807) is 6.20 Å². The van der Waals surface area contributed by atoms with E-state index in [4.69, 9.17) is 5.11 Å². The summed E-state index contributed by atoms with van der Waals surface area (Å²) in [6, 6.07) is -0.817. The lowest BCUT2D eigenvalue weighted by molar-refractivity contribution is -0.143. The molecule has 1 amide bonds. The molecular formula is C13H21N3O3. The first kappa shape index (κ1) is 15.2. The van der Waals surface area contributed by atoms with Crippen molar-refractivity contribution in [3.8, 4) is 0 Å². The van der Waals surface area contributed by atoms with Crippen molar-refractivity contribution in [2.45, 2.75) is 46.1 Å². The van der Waals surface area contributed by atoms with Gasteiger partial charge in [0.25, 0.3) is 0 Å². The summed E-state index contributed by atoms with van der Waals surface area (Å²) in [7, 11) is 0. The average molecular weight is 267 g/mol. The molecule has 0 aliphatic rings. The number of H-pyrrole nitrogens is 1. The Morgan fingerprint density at radius 3 is 2.68 bits per heavy atom. The zero-order valence-electron chi connectivity index (χ0n) is 11.6. The van der Waals surface area contributed by atoms with Crippen LogP contribution in [0, 0.1) is 12.8 Å². The van der Waals surface area contributed by atoms with Crippen molar-refractivity contribution in [1.82, 2.24) is 15.5 Å². The molecule has 0 aliphatic heterocycles. The molecule has 0 aromatic carbocycles. The summed E-state index contributed by atoms with van der Waals surface area (Å²) in [5, 5.41) is 18.4. The first-order valence-electron chi connectivity index (χ1n) is 6.46. The van der Waals surface area contributed by atoms with Crippen LogP contribution in [0.4, 0.5) is 0 Å². The largest absolute Gasteiger partial charge is 0.480 e. The van der Waals surface area contributed by atoms with Gasteiger partial charge in [-0.2, -0.15) is 5.10 Å². The number of carboxylic acids is 1. The van der Waals surface area contributed by atoms with Crippen molar-refractivity contribution in [1.29, 1.82) is 0 Å². The molecule has 106 valence electrons. The number of aliphatic carboxylic acids is 1. The second kappa shape index (κ2) is 6.92. The van der Waals surface area contributed by atoms with Gasteiger partial charge in [-0.05, 0) is 24.8 Å². The number of aromatic nitrogens is 2. The van der Waals surface area contributed by atoms with Gasteiger partial charge in [-0.3, -0.25) is 9.89 Å². The van der Waals surface area contributed by atoms with E-state index in [2.05, 4.69) is 15.5 Å². The SMILES string of the molecule is CC[C@H](C)[C@H](NC(=O)CCc1cn[nH]c1C)C(=O)O. The molecule has 6 nitrogen and oxygen atoms in total. The van der Waals surface area contributed by atoms with Gasteiger partial charge < -0.3 is 10.4 Å². The predicted molar refractivity (Wildman–Crippen MR) is 70.7 cm³/mol. The monoisotopic (exact) mass is 267 g/mol. The topological polar surface area (TPSA) is 95.1 Å². The lowest BCUT2D eigenvalue weighted by Crippen LogP contribution is -2.45. The van der Waals surface area contributed by atoms with Gasteiger partial charge in [0.2, 0.25) is 5.91 Å². The Morgan fingerprint density at radius 2 is 2.21 bits per heavy atom. The predicted octanol–water partition coefficient (Wildman–Crippen LogP) is 1.27. The Kier molecular flexibility index (Phi) is 5.54. The van der Waals surface area contributed by atoms with Gasteiger partial charge in [-0.1, -0.05) is 20.3 Å². The van der Waals surface area contributed by atoms with E-state index in [0.717, 1.165) is 11.3 Å². The maximum atomic E-state index is 11.8. The summed E-state index contributed by atoms with van der Waals surface area (Å²) >= 11 is 0. The minimum atomic E-state index is -0.984. The highest BCUT2D eigenvalue weighted by Gasteiger charge is 2.25. The van der Waals surface area contributed by atoms with Crippen molar-refractivity contribution in [2.75, 3.05) is 0 Å². The van der Waals surface area contributed by atoms with E-state index in [-0.39, 0.29) is 18.2 Å². The smallest absolute Gasteiger partial charge is 0.326 e. The minimum Gasteiger partial charge on any atom is -0.480 e. The van der Waals surface area contributed by atoms with Crippen LogP contribution in [0.3, 0.4) is 0 Å². The molecule has 0 aliphatic carbocycles. The quantitative estimate of drug-likeness (QED) is 0.693. The van der Waals surface area contributed by atoms with Crippen molar-refractivity contribution >= 4 is 11.9 Å². The molecule has 0 saturated heterocycles. The number of rotatable bonds is 7. The van der Waals surface area contributed by atoms with E-state index >= 15 is 0 Å². The molecule has 6 heteroatoms. The van der Waals surface area contributed by atoms with Crippen LogP contribution in [-0.2, 0) is 16.0 Å². The van der Waals surface area contributed by atoms with Crippen molar-refractivity contribution in [2.24, 2.45) is 5.92 Å². The fourth-order valence-corrected chi connectivity index (χ4v) is 1.80. The molecule has 0 radical (unpaired) electrons. The number of carboxylic acid groups (broad SMARTS) is 1. The van der Waals surface area contributed by atoms with Gasteiger partial charge in [0, 0.05) is 12.1 Å². The highest BCUT2D eigenvalue weighted by molar-refractivity contribution is 5.83. The number of aromatic amines is 1. The van der Waals surface area contributed by atoms with Crippen LogP contribution in [0.15, 0.2) is 6.20 Å². The highest BCUT2D eigenvalue weighted by Crippen LogP contribution is 2.09. The zero-order valence-corrected chi connectivity index (χ0v) is 11.6. The van der Waals surface area contributed by atoms with E-state index in [9.17, 15) is 9.59 Å². The van der Waals surface area contributed by atoms with Gasteiger partial charge in [-0.25, -0.2) is 4.79 Å². The summed E-state index contributed by atoms with van der Waals surface area (Å²) in [6.45, 7) is 5.61. The Bertz CT molecular complexity index is 442. The van der Waals surface area contributed by atoms with Gasteiger partial charge in [0.1, 0.15) is 6.04 Å². The van der Waals surface area contributed by atoms with E-state index < -0.39 is 12.0 Å². The number of amides is 1. The molecule has 2 atom stereocenters. The molecule has 0 unspecified atom stereocenters. The van der Waals surface area contributed by atoms with Crippen LogP contribution >= 0.6 is 0 Å². The average Bonchev–Trinajstić information content (AvgIpc) is 2.77. The molecule has 0 bridgehead atoms. The fourth-order valence-electron chi connectivity index (χ4n) is 1.80. The number of aryl methyl sites for hydroxylation is 2. The Morgan fingerprint density at radius 1 is 1.53 bits per heavy atom. The first-order valence-corrected chi connectivity index (χ1v) is 6.46. The van der Waals surface area contributed by atoms with Crippen molar-refractivity contribution in [3.05, 3.63) is 17.5 Å². The van der Waals surface area contributed by atoms with E-state index in [0.29, 0.717) is 12.8 Å². The zero-order chi connectivity index (χ0) is 14.4. The normalized spacial score (nSPS) is 13.8. The minimum absolute atomic E-state index is 0.0860. The van der Waals surface area contributed by atoms with Crippen LogP contribution in [-0.4, -0.2) is 33.2 Å². The summed E-state index contributed by atoms with van der Waals surface area (Å²) in [4.78, 5) is 22.9. The van der Waals surface area contributed by atoms with Crippen LogP contribution < -0.4 is 5.32 Å². The lowest BCUT2D eigenvalue weighted by atomic mass is 9.99. The molecular weight excluding hydrogens is 246 g/mol. The first-order chi connectivity index (χ1) is 8.95. The standard InChI is InChI=1S/C13H21N3O3/c1-4-8(2)12(13(18)19)15-11(17)6-5-10-7-14-16-9(10)3/h7-8,12H,4-6H2,1-3H3,(H,14,16)(H,15,17)(H,18,19)/t8-,12-/m0/s1. The second-order valence-electron chi connectivity index (χ2n) is 4.79. The highest BCUT2D eigenvalue weighted by atomic mass is 16.4. The number of nitrogens with one attached hydrogen (secondary N) is 2. The summed E-state index contributed by atoms with van der Waals surface area (Å²) in [5.74, 6) is -1.31. The molecule has 19 heavy (non-hydrogen) atoms. The summed E-state index contributed by atoms with van der Waals surface area (Å²) < 4.78 is 0. The Hall–Kier alpha value is -1.85. The number of nitrogens with zero attached hydrogens (tertiary/aromatic N) is 1. The maximum Gasteiger partial charge on any atom is 0.326 e. The number of carbonyl (C=O) groups is 2. The van der Waals surface area contributed by atoms with Gasteiger partial charge >= 0.3 is 5.97 Å². The van der Waals surface area contributed by atoms with Crippen molar-refractivity contribution < 1.29 is 14.7 Å². The third-order valence-corrected chi connectivity index (χ3v) is 3.35. The summed E-state index contributed by atoms with van der Waals surface area (Å²) in [5.41, 5.74) is 1.91. The van der Waals surface area contributed by atoms with Crippen LogP contribution in [0.5, 0.6) is 0 Å². The third kappa shape index (κ3) is 4.39. The molecule has 0 saturated carbocycles. The maximum absolute atomic E-state index is 11.8. The third-order valence-electron chi connectivity index (χ3n) is 3.35. The second-order valence-corrected chi connectivity index (χ2v) is 4.79. The molecule has 1 aromatic rings. The molecule has 1 aromatic heterocycles. The van der Waals surface area contributed by atoms with Crippen LogP contribution in [0.25, 0.3) is 0 Å². The fraction of sp³-hybridized carbons (Fsp3) is 0.615. The van der Waals surface area contributed by atoms with E-state index in [1.807, 2.05) is 20.8 Å². The number of hydrogen-bond acceptors (Lipinski definition) is 3. The number of hydrogen-bond donors (Lipinski definition) is 3. The van der Waals surface area contributed by atoms with Gasteiger partial charge in [0.05, 0.1) is 6.20 Å². The van der Waals surface area contributed by atoms with Gasteiger partial charge in [-0.15, -0.1) is 0 Å². The molecule has 1 heterocycles. The van der Waals surface area contributed by atoms with Gasteiger partial charge in [0.15, 0.2) is 0 Å². The molecule has 1 rings (SSSR count). The Labute approximate surface area is 112 Å². The number of carbonyl (C=O) groups excluding carboxylic acids is 1. The molecule has 0 fully saturated rings.